The van der Waals surface area contributed by atoms with E-state index in [1.54, 1.807) is 37.5 Å². The van der Waals surface area contributed by atoms with Gasteiger partial charge in [-0.3, -0.25) is 9.78 Å². The molecule has 3 aromatic rings. The molecule has 0 saturated carbocycles. The molecule has 2 aromatic heterocycles. The van der Waals surface area contributed by atoms with Crippen molar-refractivity contribution in [1.82, 2.24) is 9.55 Å². The zero-order valence-electron chi connectivity index (χ0n) is 17.0. The number of nitrogens with two attached hydrogens (primary N) is 1. The Morgan fingerprint density at radius 1 is 1.29 bits per heavy atom. The van der Waals surface area contributed by atoms with Gasteiger partial charge < -0.3 is 19.8 Å². The molecule has 1 aliphatic heterocycles. The minimum absolute atomic E-state index is 0.117. The van der Waals surface area contributed by atoms with Crippen molar-refractivity contribution in [2.75, 3.05) is 7.11 Å². The third-order valence-electron chi connectivity index (χ3n) is 5.25. The first-order valence-corrected chi connectivity index (χ1v) is 9.55. The van der Waals surface area contributed by atoms with Crippen molar-refractivity contribution in [1.29, 1.82) is 0 Å². The van der Waals surface area contributed by atoms with Crippen LogP contribution in [0.3, 0.4) is 0 Å². The van der Waals surface area contributed by atoms with Crippen LogP contribution in [0.5, 0.6) is 5.75 Å². The summed E-state index contributed by atoms with van der Waals surface area (Å²) in [5, 5.41) is 0. The van der Waals surface area contributed by atoms with E-state index in [0.717, 1.165) is 5.56 Å². The van der Waals surface area contributed by atoms with Crippen LogP contribution in [0.4, 0.5) is 4.39 Å². The number of halogens is 1. The number of nitrogens with zero attached hydrogens (tertiary/aromatic N) is 2. The maximum atomic E-state index is 14.8. The summed E-state index contributed by atoms with van der Waals surface area (Å²) in [6.45, 7) is 2.01. The number of hydrogen-bond acceptors (Lipinski definition) is 6. The number of pyridine rings is 2. The number of aromatic nitrogens is 2. The maximum absolute atomic E-state index is 14.8. The summed E-state index contributed by atoms with van der Waals surface area (Å²) >= 11 is 0. The number of rotatable bonds is 4. The summed E-state index contributed by atoms with van der Waals surface area (Å²) in [5.41, 5.74) is 7.18. The molecular weight excluding hydrogens is 401 g/mol. The predicted octanol–water partition coefficient (Wildman–Crippen LogP) is 2.61. The molecule has 0 saturated heterocycles. The quantitative estimate of drug-likeness (QED) is 0.651. The van der Waals surface area contributed by atoms with Crippen molar-refractivity contribution in [2.24, 2.45) is 5.73 Å². The predicted molar refractivity (Wildman–Crippen MR) is 111 cm³/mol. The van der Waals surface area contributed by atoms with Crippen LogP contribution in [-0.2, 0) is 16.1 Å². The highest BCUT2D eigenvalue weighted by Gasteiger charge is 2.39. The Morgan fingerprint density at radius 2 is 2.06 bits per heavy atom. The van der Waals surface area contributed by atoms with Gasteiger partial charge in [0.1, 0.15) is 17.1 Å². The van der Waals surface area contributed by atoms with E-state index in [1.165, 1.54) is 29.9 Å². The molecule has 0 spiro atoms. The second-order valence-corrected chi connectivity index (χ2v) is 7.14. The third kappa shape index (κ3) is 3.56. The highest BCUT2D eigenvalue weighted by molar-refractivity contribution is 5.92. The van der Waals surface area contributed by atoms with Gasteiger partial charge in [0, 0.05) is 29.7 Å². The smallest absolute Gasteiger partial charge is 0.340 e. The zero-order chi connectivity index (χ0) is 22.1. The standard InChI is InChI=1S/C23H20FN3O4/c1-13-10-17-19(22(28)27(13)12-14-6-5-9-26-11-14)18(15-7-3-4-8-16(15)24)20(21(25)31-17)23(29)30-2/h3-11,18H,12,25H2,1-2H3/t18-/m1/s1. The summed E-state index contributed by atoms with van der Waals surface area (Å²) in [6.07, 6.45) is 3.30. The van der Waals surface area contributed by atoms with Crippen LogP contribution in [0.25, 0.3) is 0 Å². The Labute approximate surface area is 177 Å². The molecular formula is C23H20FN3O4. The first-order valence-electron chi connectivity index (χ1n) is 9.55. The topological polar surface area (TPSA) is 96.4 Å². The van der Waals surface area contributed by atoms with E-state index in [1.807, 2.05) is 6.07 Å². The molecule has 2 N–H and O–H groups in total. The van der Waals surface area contributed by atoms with Crippen molar-refractivity contribution >= 4 is 5.97 Å². The van der Waals surface area contributed by atoms with Crippen molar-refractivity contribution in [2.45, 2.75) is 19.4 Å². The molecule has 4 rings (SSSR count). The lowest BCUT2D eigenvalue weighted by Gasteiger charge is -2.29. The van der Waals surface area contributed by atoms with Crippen LogP contribution in [-0.4, -0.2) is 22.6 Å². The van der Waals surface area contributed by atoms with E-state index in [9.17, 15) is 14.0 Å². The highest BCUT2D eigenvalue weighted by atomic mass is 19.1. The number of aryl methyl sites for hydroxylation is 1. The summed E-state index contributed by atoms with van der Waals surface area (Å²) < 4.78 is 26.8. The molecule has 0 bridgehead atoms. The fourth-order valence-electron chi connectivity index (χ4n) is 3.79. The summed E-state index contributed by atoms with van der Waals surface area (Å²) in [4.78, 5) is 30.3. The lowest BCUT2D eigenvalue weighted by molar-refractivity contribution is -0.136. The Balaban J connectivity index is 1.97. The molecule has 158 valence electrons. The van der Waals surface area contributed by atoms with Gasteiger partial charge in [-0.05, 0) is 24.6 Å². The van der Waals surface area contributed by atoms with Gasteiger partial charge in [-0.1, -0.05) is 24.3 Å². The maximum Gasteiger partial charge on any atom is 0.340 e. The Kier molecular flexibility index (Phi) is 5.29. The molecule has 8 heteroatoms. The monoisotopic (exact) mass is 421 g/mol. The van der Waals surface area contributed by atoms with E-state index >= 15 is 0 Å². The molecule has 7 nitrogen and oxygen atoms in total. The number of esters is 1. The normalized spacial score (nSPS) is 15.3. The largest absolute Gasteiger partial charge is 0.465 e. The van der Waals surface area contributed by atoms with Crippen LogP contribution >= 0.6 is 0 Å². The molecule has 0 amide bonds. The van der Waals surface area contributed by atoms with E-state index in [4.69, 9.17) is 15.2 Å². The molecule has 0 aliphatic carbocycles. The van der Waals surface area contributed by atoms with Crippen molar-refractivity contribution < 1.29 is 18.7 Å². The first-order chi connectivity index (χ1) is 14.9. The minimum atomic E-state index is -1.08. The molecule has 3 heterocycles. The zero-order valence-corrected chi connectivity index (χ0v) is 17.0. The van der Waals surface area contributed by atoms with Crippen molar-refractivity contribution in [3.63, 3.8) is 0 Å². The molecule has 31 heavy (non-hydrogen) atoms. The third-order valence-corrected chi connectivity index (χ3v) is 5.25. The van der Waals surface area contributed by atoms with E-state index < -0.39 is 23.3 Å². The van der Waals surface area contributed by atoms with Gasteiger partial charge in [-0.25, -0.2) is 9.18 Å². The molecule has 0 radical (unpaired) electrons. The van der Waals surface area contributed by atoms with Gasteiger partial charge in [0.05, 0.1) is 25.1 Å². The minimum Gasteiger partial charge on any atom is -0.465 e. The van der Waals surface area contributed by atoms with E-state index in [0.29, 0.717) is 5.69 Å². The lowest BCUT2D eigenvalue weighted by atomic mass is 9.83. The Bertz CT molecular complexity index is 1250. The molecule has 0 fully saturated rings. The number of hydrogen-bond donors (Lipinski definition) is 1. The Hall–Kier alpha value is -3.94. The van der Waals surface area contributed by atoms with Crippen molar-refractivity contribution in [3.8, 4) is 5.75 Å². The molecule has 1 aromatic carbocycles. The average Bonchev–Trinajstić information content (AvgIpc) is 2.76. The number of carbonyl (C=O) groups excluding carboxylic acids is 1. The summed E-state index contributed by atoms with van der Waals surface area (Å²) in [7, 11) is 1.19. The Morgan fingerprint density at radius 3 is 2.74 bits per heavy atom. The van der Waals surface area contributed by atoms with Gasteiger partial charge >= 0.3 is 5.97 Å². The fraction of sp³-hybridized carbons (Fsp3) is 0.174. The summed E-state index contributed by atoms with van der Waals surface area (Å²) in [5.74, 6) is -2.49. The van der Waals surface area contributed by atoms with Gasteiger partial charge in [0.2, 0.25) is 5.88 Å². The van der Waals surface area contributed by atoms with Gasteiger partial charge in [0.15, 0.2) is 0 Å². The lowest BCUT2D eigenvalue weighted by Crippen LogP contribution is -2.35. The SMILES string of the molecule is COC(=O)C1=C(N)Oc2cc(C)n(Cc3cccnc3)c(=O)c2[C@H]1c1ccccc1F. The van der Waals surface area contributed by atoms with E-state index in [2.05, 4.69) is 4.98 Å². The van der Waals surface area contributed by atoms with Gasteiger partial charge in [0.25, 0.3) is 5.56 Å². The number of benzene rings is 1. The van der Waals surface area contributed by atoms with Crippen LogP contribution in [0.15, 0.2) is 71.1 Å². The van der Waals surface area contributed by atoms with E-state index in [-0.39, 0.29) is 34.9 Å². The van der Waals surface area contributed by atoms with Crippen LogP contribution in [0, 0.1) is 12.7 Å². The highest BCUT2D eigenvalue weighted by Crippen LogP contribution is 2.42. The van der Waals surface area contributed by atoms with Gasteiger partial charge in [-0.15, -0.1) is 0 Å². The van der Waals surface area contributed by atoms with Crippen LogP contribution in [0.1, 0.15) is 28.3 Å². The fourth-order valence-corrected chi connectivity index (χ4v) is 3.79. The number of carbonyl (C=O) groups is 1. The van der Waals surface area contributed by atoms with Crippen molar-refractivity contribution in [3.05, 3.63) is 105 Å². The molecule has 1 aliphatic rings. The van der Waals surface area contributed by atoms with Crippen LogP contribution in [0.2, 0.25) is 0 Å². The number of ether oxygens (including phenoxy) is 2. The summed E-state index contributed by atoms with van der Waals surface area (Å²) in [6, 6.07) is 11.2. The second kappa shape index (κ2) is 8.06. The van der Waals surface area contributed by atoms with Crippen LogP contribution < -0.4 is 16.0 Å². The second-order valence-electron chi connectivity index (χ2n) is 7.14. The first kappa shape index (κ1) is 20.3. The average molecular weight is 421 g/mol. The molecule has 1 atom stereocenters. The number of methoxy groups -OCH3 is 1. The molecule has 0 unspecified atom stereocenters. The van der Waals surface area contributed by atoms with Gasteiger partial charge in [-0.2, -0.15) is 0 Å². The number of fused-ring (bicyclic) bond motifs is 1.